The van der Waals surface area contributed by atoms with E-state index in [9.17, 15) is 0 Å². The van der Waals surface area contributed by atoms with Crippen LogP contribution in [0.3, 0.4) is 0 Å². The molecule has 1 aromatic heterocycles. The van der Waals surface area contributed by atoms with Gasteiger partial charge in [0.15, 0.2) is 0 Å². The van der Waals surface area contributed by atoms with Gasteiger partial charge in [-0.3, -0.25) is 0 Å². The molecule has 1 aliphatic rings. The predicted molar refractivity (Wildman–Crippen MR) is 65.3 cm³/mol. The largest absolute Gasteiger partial charge is 0.396 e. The Bertz CT molecular complexity index is 326. The standard InChI is InChI=1S/C12H19N3O/c13-12-6-5-11(9-14-12)15-7-1-3-10(15)4-2-8-16/h5-6,9-10,16H,1-4,7-8H2,(H2,13,14). The first-order valence-electron chi connectivity index (χ1n) is 5.90. The third-order valence-corrected chi connectivity index (χ3v) is 3.17. The van der Waals surface area contributed by atoms with Crippen LogP contribution in [-0.2, 0) is 0 Å². The van der Waals surface area contributed by atoms with E-state index in [0.717, 1.165) is 25.1 Å². The van der Waals surface area contributed by atoms with E-state index in [4.69, 9.17) is 10.8 Å². The van der Waals surface area contributed by atoms with E-state index < -0.39 is 0 Å². The van der Waals surface area contributed by atoms with Crippen LogP contribution in [0.1, 0.15) is 25.7 Å². The van der Waals surface area contributed by atoms with Crippen molar-refractivity contribution in [3.63, 3.8) is 0 Å². The van der Waals surface area contributed by atoms with E-state index >= 15 is 0 Å². The lowest BCUT2D eigenvalue weighted by atomic mass is 10.1. The quantitative estimate of drug-likeness (QED) is 0.807. The average molecular weight is 221 g/mol. The fourth-order valence-corrected chi connectivity index (χ4v) is 2.37. The Morgan fingerprint density at radius 1 is 1.50 bits per heavy atom. The molecule has 0 aromatic carbocycles. The topological polar surface area (TPSA) is 62.4 Å². The average Bonchev–Trinajstić information content (AvgIpc) is 2.75. The number of hydrogen-bond acceptors (Lipinski definition) is 4. The van der Waals surface area contributed by atoms with E-state index in [-0.39, 0.29) is 6.61 Å². The van der Waals surface area contributed by atoms with E-state index in [2.05, 4.69) is 9.88 Å². The van der Waals surface area contributed by atoms with E-state index in [0.29, 0.717) is 11.9 Å². The molecule has 2 heterocycles. The molecule has 3 N–H and O–H groups in total. The molecule has 1 fully saturated rings. The van der Waals surface area contributed by atoms with Crippen molar-refractivity contribution in [1.29, 1.82) is 0 Å². The number of rotatable bonds is 4. The van der Waals surface area contributed by atoms with Crippen LogP contribution in [0.15, 0.2) is 18.3 Å². The van der Waals surface area contributed by atoms with E-state index in [1.807, 2.05) is 18.3 Å². The number of anilines is 2. The van der Waals surface area contributed by atoms with Gasteiger partial charge in [-0.1, -0.05) is 0 Å². The summed E-state index contributed by atoms with van der Waals surface area (Å²) in [7, 11) is 0. The monoisotopic (exact) mass is 221 g/mol. The zero-order valence-electron chi connectivity index (χ0n) is 9.47. The molecule has 1 aliphatic heterocycles. The van der Waals surface area contributed by atoms with Crippen molar-refractivity contribution in [3.8, 4) is 0 Å². The van der Waals surface area contributed by atoms with Gasteiger partial charge in [-0.2, -0.15) is 0 Å². The molecule has 0 radical (unpaired) electrons. The van der Waals surface area contributed by atoms with Crippen molar-refractivity contribution >= 4 is 11.5 Å². The molecule has 2 rings (SSSR count). The van der Waals surface area contributed by atoms with Crippen LogP contribution in [0.5, 0.6) is 0 Å². The molecule has 4 heteroatoms. The van der Waals surface area contributed by atoms with Gasteiger partial charge in [0.05, 0.1) is 11.9 Å². The lowest BCUT2D eigenvalue weighted by Crippen LogP contribution is -2.29. The fourth-order valence-electron chi connectivity index (χ4n) is 2.37. The first kappa shape index (κ1) is 11.2. The van der Waals surface area contributed by atoms with Crippen molar-refractivity contribution in [2.45, 2.75) is 31.7 Å². The van der Waals surface area contributed by atoms with Gasteiger partial charge in [0.1, 0.15) is 5.82 Å². The minimum absolute atomic E-state index is 0.282. The van der Waals surface area contributed by atoms with Crippen LogP contribution >= 0.6 is 0 Å². The Kier molecular flexibility index (Phi) is 3.62. The van der Waals surface area contributed by atoms with Crippen molar-refractivity contribution in [2.75, 3.05) is 23.8 Å². The Balaban J connectivity index is 2.04. The molecular formula is C12H19N3O. The zero-order chi connectivity index (χ0) is 11.4. The van der Waals surface area contributed by atoms with Gasteiger partial charge in [-0.05, 0) is 37.8 Å². The highest BCUT2D eigenvalue weighted by atomic mass is 16.2. The highest BCUT2D eigenvalue weighted by molar-refractivity contribution is 5.49. The third-order valence-electron chi connectivity index (χ3n) is 3.17. The second kappa shape index (κ2) is 5.16. The zero-order valence-corrected chi connectivity index (χ0v) is 9.47. The summed E-state index contributed by atoms with van der Waals surface area (Å²) >= 11 is 0. The van der Waals surface area contributed by atoms with Crippen molar-refractivity contribution in [3.05, 3.63) is 18.3 Å². The SMILES string of the molecule is Nc1ccc(N2CCCC2CCCO)cn1. The predicted octanol–water partition coefficient (Wildman–Crippen LogP) is 1.41. The lowest BCUT2D eigenvalue weighted by molar-refractivity contribution is 0.279. The fraction of sp³-hybridized carbons (Fsp3) is 0.583. The summed E-state index contributed by atoms with van der Waals surface area (Å²) in [6, 6.07) is 4.42. The molecule has 88 valence electrons. The smallest absolute Gasteiger partial charge is 0.123 e. The Morgan fingerprint density at radius 2 is 2.38 bits per heavy atom. The number of pyridine rings is 1. The Morgan fingerprint density at radius 3 is 3.06 bits per heavy atom. The Hall–Kier alpha value is -1.29. The number of nitrogens with zero attached hydrogens (tertiary/aromatic N) is 2. The van der Waals surface area contributed by atoms with Gasteiger partial charge in [0.25, 0.3) is 0 Å². The summed E-state index contributed by atoms with van der Waals surface area (Å²) < 4.78 is 0. The van der Waals surface area contributed by atoms with Crippen LogP contribution in [-0.4, -0.2) is 29.3 Å². The van der Waals surface area contributed by atoms with Gasteiger partial charge < -0.3 is 15.7 Å². The van der Waals surface area contributed by atoms with Crippen molar-refractivity contribution < 1.29 is 5.11 Å². The second-order valence-corrected chi connectivity index (χ2v) is 4.30. The van der Waals surface area contributed by atoms with Crippen LogP contribution in [0.2, 0.25) is 0 Å². The van der Waals surface area contributed by atoms with Crippen LogP contribution < -0.4 is 10.6 Å². The molecule has 0 spiro atoms. The molecule has 1 unspecified atom stereocenters. The van der Waals surface area contributed by atoms with Gasteiger partial charge >= 0.3 is 0 Å². The lowest BCUT2D eigenvalue weighted by Gasteiger charge is -2.26. The van der Waals surface area contributed by atoms with Crippen LogP contribution in [0.25, 0.3) is 0 Å². The van der Waals surface area contributed by atoms with Gasteiger partial charge in [-0.15, -0.1) is 0 Å². The highest BCUT2D eigenvalue weighted by Gasteiger charge is 2.24. The van der Waals surface area contributed by atoms with E-state index in [1.54, 1.807) is 0 Å². The maximum absolute atomic E-state index is 8.87. The summed E-state index contributed by atoms with van der Waals surface area (Å²) in [5.41, 5.74) is 6.73. The van der Waals surface area contributed by atoms with Crippen molar-refractivity contribution in [2.24, 2.45) is 0 Å². The highest BCUT2D eigenvalue weighted by Crippen LogP contribution is 2.27. The first-order chi connectivity index (χ1) is 7.81. The van der Waals surface area contributed by atoms with Gasteiger partial charge in [0, 0.05) is 19.2 Å². The molecule has 0 bridgehead atoms. The van der Waals surface area contributed by atoms with Crippen LogP contribution in [0, 0.1) is 0 Å². The minimum atomic E-state index is 0.282. The molecule has 0 saturated carbocycles. The molecule has 1 saturated heterocycles. The molecule has 16 heavy (non-hydrogen) atoms. The number of aliphatic hydroxyl groups is 1. The normalized spacial score (nSPS) is 20.3. The molecule has 4 nitrogen and oxygen atoms in total. The van der Waals surface area contributed by atoms with Gasteiger partial charge in [-0.25, -0.2) is 4.98 Å². The summed E-state index contributed by atoms with van der Waals surface area (Å²) in [4.78, 5) is 6.50. The Labute approximate surface area is 96.1 Å². The number of aliphatic hydroxyl groups excluding tert-OH is 1. The molecule has 1 aromatic rings. The molecule has 0 aliphatic carbocycles. The number of nitrogens with two attached hydrogens (primary N) is 1. The maximum Gasteiger partial charge on any atom is 0.123 e. The summed E-state index contributed by atoms with van der Waals surface area (Å²) in [6.45, 7) is 1.37. The summed E-state index contributed by atoms with van der Waals surface area (Å²) in [5, 5.41) is 8.87. The second-order valence-electron chi connectivity index (χ2n) is 4.30. The first-order valence-corrected chi connectivity index (χ1v) is 5.90. The number of aromatic nitrogens is 1. The maximum atomic E-state index is 8.87. The number of hydrogen-bond donors (Lipinski definition) is 2. The summed E-state index contributed by atoms with van der Waals surface area (Å²) in [6.07, 6.45) is 6.21. The van der Waals surface area contributed by atoms with Gasteiger partial charge in [0.2, 0.25) is 0 Å². The molecular weight excluding hydrogens is 202 g/mol. The van der Waals surface area contributed by atoms with Crippen molar-refractivity contribution in [1.82, 2.24) is 4.98 Å². The molecule has 1 atom stereocenters. The third kappa shape index (κ3) is 2.44. The molecule has 0 amide bonds. The van der Waals surface area contributed by atoms with E-state index in [1.165, 1.54) is 12.8 Å². The number of nitrogen functional groups attached to an aromatic ring is 1. The minimum Gasteiger partial charge on any atom is -0.396 e. The van der Waals surface area contributed by atoms with Crippen LogP contribution in [0.4, 0.5) is 11.5 Å². The summed E-state index contributed by atoms with van der Waals surface area (Å²) in [5.74, 6) is 0.565.